The summed E-state index contributed by atoms with van der Waals surface area (Å²) in [6, 6.07) is 4.29. The van der Waals surface area contributed by atoms with Gasteiger partial charge in [0.25, 0.3) is 11.6 Å². The Bertz CT molecular complexity index is 465. The van der Waals surface area contributed by atoms with Crippen LogP contribution in [0.4, 0.5) is 5.69 Å². The Morgan fingerprint density at radius 3 is 2.72 bits per heavy atom. The van der Waals surface area contributed by atoms with Gasteiger partial charge >= 0.3 is 0 Å². The smallest absolute Gasteiger partial charge is 0.271 e. The first-order valence-electron chi connectivity index (χ1n) is 5.34. The van der Waals surface area contributed by atoms with Gasteiger partial charge in [0.1, 0.15) is 0 Å². The lowest BCUT2D eigenvalue weighted by atomic mass is 10.2. The van der Waals surface area contributed by atoms with E-state index >= 15 is 0 Å². The molecule has 2 N–H and O–H groups in total. The predicted molar refractivity (Wildman–Crippen MR) is 71.7 cm³/mol. The van der Waals surface area contributed by atoms with Crippen LogP contribution >= 0.6 is 15.9 Å². The molecule has 6 nitrogen and oxygen atoms in total. The number of nitrogens with zero attached hydrogens (tertiary/aromatic N) is 1. The Morgan fingerprint density at radius 2 is 2.17 bits per heavy atom. The number of rotatable bonds is 5. The molecule has 0 bridgehead atoms. The van der Waals surface area contributed by atoms with Crippen molar-refractivity contribution < 1.29 is 9.72 Å². The maximum atomic E-state index is 11.8. The van der Waals surface area contributed by atoms with E-state index in [1.807, 2.05) is 6.92 Å². The van der Waals surface area contributed by atoms with Gasteiger partial charge in [-0.15, -0.1) is 0 Å². The lowest BCUT2D eigenvalue weighted by Gasteiger charge is -2.11. The van der Waals surface area contributed by atoms with Crippen molar-refractivity contribution in [1.82, 2.24) is 10.6 Å². The molecule has 0 aliphatic heterocycles. The second kappa shape index (κ2) is 6.46. The Labute approximate surface area is 113 Å². The van der Waals surface area contributed by atoms with Gasteiger partial charge in [-0.3, -0.25) is 14.9 Å². The van der Waals surface area contributed by atoms with Crippen molar-refractivity contribution in [2.75, 3.05) is 13.6 Å². The number of hydrogen-bond donors (Lipinski definition) is 2. The quantitative estimate of drug-likeness (QED) is 0.639. The molecule has 0 aromatic heterocycles. The summed E-state index contributed by atoms with van der Waals surface area (Å²) in [6.45, 7) is 2.37. The van der Waals surface area contributed by atoms with Crippen LogP contribution in [0, 0.1) is 10.1 Å². The van der Waals surface area contributed by atoms with E-state index < -0.39 is 4.92 Å². The number of hydrogen-bond acceptors (Lipinski definition) is 4. The van der Waals surface area contributed by atoms with E-state index in [9.17, 15) is 14.9 Å². The molecule has 0 radical (unpaired) electrons. The fourth-order valence-electron chi connectivity index (χ4n) is 1.26. The Hall–Kier alpha value is -1.47. The highest BCUT2D eigenvalue weighted by Crippen LogP contribution is 2.21. The lowest BCUT2D eigenvalue weighted by molar-refractivity contribution is -0.385. The van der Waals surface area contributed by atoms with Gasteiger partial charge in [0.2, 0.25) is 0 Å². The third kappa shape index (κ3) is 4.08. The molecule has 0 spiro atoms. The molecule has 18 heavy (non-hydrogen) atoms. The summed E-state index contributed by atoms with van der Waals surface area (Å²) in [6.07, 6.45) is 0. The molecule has 0 aliphatic carbocycles. The van der Waals surface area contributed by atoms with Crippen LogP contribution in [-0.4, -0.2) is 30.5 Å². The molecule has 0 heterocycles. The molecule has 1 rings (SSSR count). The van der Waals surface area contributed by atoms with Crippen molar-refractivity contribution in [3.8, 4) is 0 Å². The van der Waals surface area contributed by atoms with Crippen LogP contribution < -0.4 is 10.6 Å². The van der Waals surface area contributed by atoms with Gasteiger partial charge < -0.3 is 10.6 Å². The first-order chi connectivity index (χ1) is 8.43. The second-order valence-corrected chi connectivity index (χ2v) is 4.77. The lowest BCUT2D eigenvalue weighted by Crippen LogP contribution is -2.37. The maximum absolute atomic E-state index is 11.8. The third-order valence-electron chi connectivity index (χ3n) is 2.42. The molecule has 1 amide bonds. The number of non-ortho nitro benzene ring substituents is 1. The number of amides is 1. The fraction of sp³-hybridized carbons (Fsp3) is 0.364. The van der Waals surface area contributed by atoms with Crippen LogP contribution in [-0.2, 0) is 0 Å². The molecule has 0 fully saturated rings. The van der Waals surface area contributed by atoms with Gasteiger partial charge in [0.15, 0.2) is 0 Å². The monoisotopic (exact) mass is 315 g/mol. The first kappa shape index (κ1) is 14.6. The largest absolute Gasteiger partial charge is 0.350 e. The topological polar surface area (TPSA) is 84.3 Å². The van der Waals surface area contributed by atoms with E-state index in [0.29, 0.717) is 11.0 Å². The second-order valence-electron chi connectivity index (χ2n) is 3.85. The van der Waals surface area contributed by atoms with Crippen molar-refractivity contribution in [1.29, 1.82) is 0 Å². The van der Waals surface area contributed by atoms with E-state index in [1.165, 1.54) is 12.1 Å². The molecule has 0 saturated carbocycles. The maximum Gasteiger partial charge on any atom is 0.271 e. The van der Waals surface area contributed by atoms with Gasteiger partial charge in [0.05, 0.1) is 4.92 Å². The number of nitrogens with one attached hydrogen (secondary N) is 2. The van der Waals surface area contributed by atoms with Crippen molar-refractivity contribution in [2.45, 2.75) is 13.0 Å². The molecule has 1 aromatic rings. The minimum atomic E-state index is -0.530. The SMILES string of the molecule is CNC(C)CNC(=O)c1cc(Br)cc([N+](=O)[O-])c1. The third-order valence-corrected chi connectivity index (χ3v) is 2.87. The van der Waals surface area contributed by atoms with E-state index in [0.717, 1.165) is 0 Å². The summed E-state index contributed by atoms with van der Waals surface area (Å²) in [7, 11) is 1.79. The van der Waals surface area contributed by atoms with E-state index in [-0.39, 0.29) is 23.2 Å². The van der Waals surface area contributed by atoms with Crippen LogP contribution in [0.2, 0.25) is 0 Å². The number of carbonyl (C=O) groups is 1. The number of likely N-dealkylation sites (N-methyl/N-ethyl adjacent to an activating group) is 1. The predicted octanol–water partition coefficient (Wildman–Crippen LogP) is 1.69. The average Bonchev–Trinajstić information content (AvgIpc) is 2.34. The van der Waals surface area contributed by atoms with Crippen LogP contribution in [0.3, 0.4) is 0 Å². The van der Waals surface area contributed by atoms with Crippen LogP contribution in [0.5, 0.6) is 0 Å². The van der Waals surface area contributed by atoms with E-state index in [1.54, 1.807) is 13.1 Å². The normalized spacial score (nSPS) is 11.9. The van der Waals surface area contributed by atoms with Gasteiger partial charge in [0, 0.05) is 34.8 Å². The number of carbonyl (C=O) groups excluding carboxylic acids is 1. The molecule has 7 heteroatoms. The first-order valence-corrected chi connectivity index (χ1v) is 6.13. The van der Waals surface area contributed by atoms with Crippen molar-refractivity contribution in [3.05, 3.63) is 38.3 Å². The molecular formula is C11H14BrN3O3. The zero-order valence-electron chi connectivity index (χ0n) is 10.1. The summed E-state index contributed by atoms with van der Waals surface area (Å²) < 4.78 is 0.503. The zero-order valence-corrected chi connectivity index (χ0v) is 11.7. The summed E-state index contributed by atoms with van der Waals surface area (Å²) in [5, 5.41) is 16.4. The molecular weight excluding hydrogens is 302 g/mol. The molecule has 1 atom stereocenters. The van der Waals surface area contributed by atoms with Crippen molar-refractivity contribution in [3.63, 3.8) is 0 Å². The van der Waals surface area contributed by atoms with Crippen LogP contribution in [0.1, 0.15) is 17.3 Å². The number of halogens is 1. The highest BCUT2D eigenvalue weighted by molar-refractivity contribution is 9.10. The molecule has 1 aromatic carbocycles. The number of nitro benzene ring substituents is 1. The van der Waals surface area contributed by atoms with Gasteiger partial charge in [-0.1, -0.05) is 15.9 Å². The van der Waals surface area contributed by atoms with Crippen molar-refractivity contribution >= 4 is 27.5 Å². The molecule has 0 saturated heterocycles. The van der Waals surface area contributed by atoms with Crippen LogP contribution in [0.25, 0.3) is 0 Å². The summed E-state index contributed by atoms with van der Waals surface area (Å²) in [5.41, 5.74) is 0.149. The van der Waals surface area contributed by atoms with E-state index in [2.05, 4.69) is 26.6 Å². The Balaban J connectivity index is 2.82. The van der Waals surface area contributed by atoms with Crippen LogP contribution in [0.15, 0.2) is 22.7 Å². The Morgan fingerprint density at radius 1 is 1.50 bits per heavy atom. The van der Waals surface area contributed by atoms with Gasteiger partial charge in [-0.05, 0) is 20.0 Å². The summed E-state index contributed by atoms with van der Waals surface area (Å²) >= 11 is 3.15. The van der Waals surface area contributed by atoms with Gasteiger partial charge in [-0.2, -0.15) is 0 Å². The molecule has 0 aliphatic rings. The minimum absolute atomic E-state index is 0.115. The summed E-state index contributed by atoms with van der Waals surface area (Å²) in [5.74, 6) is -0.332. The average molecular weight is 316 g/mol. The minimum Gasteiger partial charge on any atom is -0.350 e. The molecule has 1 unspecified atom stereocenters. The number of benzene rings is 1. The summed E-state index contributed by atoms with van der Waals surface area (Å²) in [4.78, 5) is 22.0. The fourth-order valence-corrected chi connectivity index (χ4v) is 1.74. The van der Waals surface area contributed by atoms with Crippen molar-refractivity contribution in [2.24, 2.45) is 0 Å². The van der Waals surface area contributed by atoms with Gasteiger partial charge in [-0.25, -0.2) is 0 Å². The highest BCUT2D eigenvalue weighted by Gasteiger charge is 2.14. The highest BCUT2D eigenvalue weighted by atomic mass is 79.9. The van der Waals surface area contributed by atoms with E-state index in [4.69, 9.17) is 0 Å². The molecule has 98 valence electrons. The standard InChI is InChI=1S/C11H14BrN3O3/c1-7(13-2)6-14-11(16)8-3-9(12)5-10(4-8)15(17)18/h3-5,7,13H,6H2,1-2H3,(H,14,16). The number of nitro groups is 1. The zero-order chi connectivity index (χ0) is 13.7. The Kier molecular flexibility index (Phi) is 5.24.